The number of halogens is 2. The van der Waals surface area contributed by atoms with E-state index in [9.17, 15) is 9.50 Å². The second-order valence-electron chi connectivity index (χ2n) is 8.31. The molecular weight excluding hydrogens is 437 g/mol. The van der Waals surface area contributed by atoms with E-state index in [1.165, 1.54) is 12.1 Å². The predicted molar refractivity (Wildman–Crippen MR) is 131 cm³/mol. The van der Waals surface area contributed by atoms with Crippen LogP contribution in [-0.2, 0) is 0 Å². The number of aliphatic hydroxyl groups is 1. The number of fused-ring (bicyclic) bond motifs is 6. The van der Waals surface area contributed by atoms with E-state index in [2.05, 4.69) is 21.7 Å². The van der Waals surface area contributed by atoms with Crippen molar-refractivity contribution in [2.24, 2.45) is 0 Å². The molecule has 1 aromatic heterocycles. The molecule has 5 rings (SSSR count). The van der Waals surface area contributed by atoms with Gasteiger partial charge >= 0.3 is 0 Å². The molecule has 1 heterocycles. The molecule has 4 nitrogen and oxygen atoms in total. The largest absolute Gasteiger partial charge is 0.378 e. The summed E-state index contributed by atoms with van der Waals surface area (Å²) in [6.07, 6.45) is 0. The van der Waals surface area contributed by atoms with Crippen molar-refractivity contribution in [2.75, 3.05) is 0 Å². The molecule has 0 amide bonds. The molecule has 5 aromatic rings. The third-order valence-corrected chi connectivity index (χ3v) is 5.62. The first-order valence-electron chi connectivity index (χ1n) is 10.2. The van der Waals surface area contributed by atoms with Crippen molar-refractivity contribution in [3.63, 3.8) is 0 Å². The normalized spacial score (nSPS) is 11.5. The lowest BCUT2D eigenvalue weighted by atomic mass is 9.98. The summed E-state index contributed by atoms with van der Waals surface area (Å²) in [5.74, 6) is 5.63. The molecule has 0 bridgehead atoms. The van der Waals surface area contributed by atoms with Crippen LogP contribution >= 0.6 is 11.6 Å². The van der Waals surface area contributed by atoms with Gasteiger partial charge in [-0.3, -0.25) is 0 Å². The Morgan fingerprint density at radius 2 is 1.82 bits per heavy atom. The van der Waals surface area contributed by atoms with Crippen LogP contribution in [0, 0.1) is 24.2 Å². The van der Waals surface area contributed by atoms with Gasteiger partial charge in [0.1, 0.15) is 17.2 Å². The van der Waals surface area contributed by atoms with E-state index in [1.807, 2.05) is 30.3 Å². The van der Waals surface area contributed by atoms with Gasteiger partial charge in [0, 0.05) is 21.4 Å². The highest BCUT2D eigenvalue weighted by Gasteiger charge is 2.18. The minimum Gasteiger partial charge on any atom is -0.378 e. The highest BCUT2D eigenvalue weighted by molar-refractivity contribution is 6.33. The number of aromatic amines is 1. The highest BCUT2D eigenvalue weighted by Crippen LogP contribution is 2.39. The van der Waals surface area contributed by atoms with Crippen LogP contribution in [0.25, 0.3) is 48.8 Å². The van der Waals surface area contributed by atoms with Crippen molar-refractivity contribution >= 4 is 49.9 Å². The van der Waals surface area contributed by atoms with Crippen molar-refractivity contribution in [1.29, 1.82) is 0 Å². The Bertz CT molecular complexity index is 1690. The van der Waals surface area contributed by atoms with Crippen molar-refractivity contribution in [2.45, 2.75) is 19.4 Å². The second kappa shape index (κ2) is 7.60. The number of nitrogens with one attached hydrogen (secondary N) is 1. The van der Waals surface area contributed by atoms with E-state index in [4.69, 9.17) is 23.2 Å². The van der Waals surface area contributed by atoms with Gasteiger partial charge in [-0.15, -0.1) is 0 Å². The van der Waals surface area contributed by atoms with Crippen molar-refractivity contribution in [3.05, 3.63) is 82.4 Å². The summed E-state index contributed by atoms with van der Waals surface area (Å²) in [4.78, 5) is 11.4. The molecule has 0 saturated heterocycles. The van der Waals surface area contributed by atoms with Crippen molar-refractivity contribution in [1.82, 2.24) is 9.97 Å². The molecule has 0 spiro atoms. The number of benzene rings is 4. The van der Waals surface area contributed by atoms with Crippen LogP contribution in [0.2, 0.25) is 5.02 Å². The first kappa shape index (κ1) is 21.0. The molecule has 33 heavy (non-hydrogen) atoms. The molecule has 0 radical (unpaired) electrons. The molecule has 0 saturated carbocycles. The van der Waals surface area contributed by atoms with Crippen molar-refractivity contribution < 1.29 is 9.50 Å². The third-order valence-electron chi connectivity index (χ3n) is 5.38. The van der Waals surface area contributed by atoms with Gasteiger partial charge < -0.3 is 10.1 Å². The Labute approximate surface area is 194 Å². The standard InChI is InChI=1S/C27H17ClFN3O/c1-27(2,33)12-11-15-7-9-17-19(13-15)20-14-16(28)8-10-18(20)25-24(17)31-26(32-25)23-21(29)5-4-6-22(23)30-3/h4-10,13-14,33H,1-2H3,(H,31,32). The lowest BCUT2D eigenvalue weighted by Gasteiger charge is -2.08. The monoisotopic (exact) mass is 453 g/mol. The number of H-pyrrole nitrogens is 1. The summed E-state index contributed by atoms with van der Waals surface area (Å²) in [6.45, 7) is 10.7. The van der Waals surface area contributed by atoms with Crippen LogP contribution in [0.4, 0.5) is 10.1 Å². The molecule has 0 aliphatic carbocycles. The first-order valence-corrected chi connectivity index (χ1v) is 10.6. The smallest absolute Gasteiger partial charge is 0.200 e. The fourth-order valence-corrected chi connectivity index (χ4v) is 4.13. The minimum atomic E-state index is -1.11. The Morgan fingerprint density at radius 1 is 1.06 bits per heavy atom. The van der Waals surface area contributed by atoms with Crippen LogP contribution in [-0.4, -0.2) is 20.7 Å². The quantitative estimate of drug-likeness (QED) is 0.163. The lowest BCUT2D eigenvalue weighted by molar-refractivity contribution is 0.143. The average Bonchev–Trinajstić information content (AvgIpc) is 3.22. The molecule has 6 heteroatoms. The Hall–Kier alpha value is -3.90. The second-order valence-corrected chi connectivity index (χ2v) is 8.75. The average molecular weight is 454 g/mol. The fourth-order valence-electron chi connectivity index (χ4n) is 3.96. The van der Waals surface area contributed by atoms with E-state index in [0.717, 1.165) is 32.6 Å². The summed E-state index contributed by atoms with van der Waals surface area (Å²) in [6, 6.07) is 15.7. The third kappa shape index (κ3) is 3.68. The first-order chi connectivity index (χ1) is 15.7. The number of hydrogen-bond donors (Lipinski definition) is 2. The number of rotatable bonds is 1. The van der Waals surface area contributed by atoms with Crippen LogP contribution < -0.4 is 0 Å². The summed E-state index contributed by atoms with van der Waals surface area (Å²) in [7, 11) is 0. The van der Waals surface area contributed by atoms with Crippen LogP contribution in [0.3, 0.4) is 0 Å². The van der Waals surface area contributed by atoms with E-state index in [-0.39, 0.29) is 11.3 Å². The van der Waals surface area contributed by atoms with Crippen molar-refractivity contribution in [3.8, 4) is 23.2 Å². The zero-order valence-corrected chi connectivity index (χ0v) is 18.5. The number of aromatic nitrogens is 2. The topological polar surface area (TPSA) is 53.3 Å². The SMILES string of the molecule is [C-]#[N+]c1cccc(F)c1-c1nc2c3ccc(C#CC(C)(C)O)cc3c3cc(Cl)ccc3c2[nH]1. The minimum absolute atomic E-state index is 0.145. The molecule has 160 valence electrons. The highest BCUT2D eigenvalue weighted by atomic mass is 35.5. The Morgan fingerprint density at radius 3 is 2.58 bits per heavy atom. The van der Waals surface area contributed by atoms with Gasteiger partial charge in [-0.1, -0.05) is 47.7 Å². The Kier molecular flexibility index (Phi) is 4.83. The molecule has 0 aliphatic rings. The van der Waals surface area contributed by atoms with Crippen LogP contribution in [0.15, 0.2) is 54.6 Å². The maximum Gasteiger partial charge on any atom is 0.200 e. The summed E-state index contributed by atoms with van der Waals surface area (Å²) in [5.41, 5.74) is 1.36. The van der Waals surface area contributed by atoms with E-state index < -0.39 is 11.4 Å². The van der Waals surface area contributed by atoms with E-state index >= 15 is 0 Å². The molecule has 0 aliphatic heterocycles. The summed E-state index contributed by atoms with van der Waals surface area (Å²) >= 11 is 6.32. The summed E-state index contributed by atoms with van der Waals surface area (Å²) in [5, 5.41) is 14.0. The van der Waals surface area contributed by atoms with Gasteiger partial charge in [-0.05, 0) is 55.0 Å². The molecule has 4 aromatic carbocycles. The lowest BCUT2D eigenvalue weighted by Crippen LogP contribution is -2.14. The number of hydrogen-bond acceptors (Lipinski definition) is 2. The van der Waals surface area contributed by atoms with Gasteiger partial charge in [0.15, 0.2) is 0 Å². The molecular formula is C27H17ClFN3O. The van der Waals surface area contributed by atoms with Gasteiger partial charge in [0.25, 0.3) is 0 Å². The van der Waals surface area contributed by atoms with Crippen LogP contribution in [0.5, 0.6) is 0 Å². The number of imidazole rings is 1. The van der Waals surface area contributed by atoms with Gasteiger partial charge in [-0.2, -0.15) is 0 Å². The molecule has 0 unspecified atom stereocenters. The van der Waals surface area contributed by atoms with Gasteiger partial charge in [0.2, 0.25) is 5.69 Å². The van der Waals surface area contributed by atoms with Gasteiger partial charge in [0.05, 0.1) is 23.2 Å². The van der Waals surface area contributed by atoms with Gasteiger partial charge in [-0.25, -0.2) is 14.2 Å². The number of nitrogens with zero attached hydrogens (tertiary/aromatic N) is 2. The molecule has 0 fully saturated rings. The summed E-state index contributed by atoms with van der Waals surface area (Å²) < 4.78 is 14.7. The predicted octanol–water partition coefficient (Wildman–Crippen LogP) is 7.00. The van der Waals surface area contributed by atoms with E-state index in [0.29, 0.717) is 16.4 Å². The molecule has 0 atom stereocenters. The fraction of sp³-hybridized carbons (Fsp3) is 0.111. The Balaban J connectivity index is 1.87. The van der Waals surface area contributed by atoms with Crippen LogP contribution in [0.1, 0.15) is 19.4 Å². The van der Waals surface area contributed by atoms with E-state index in [1.54, 1.807) is 26.0 Å². The zero-order chi connectivity index (χ0) is 23.3. The zero-order valence-electron chi connectivity index (χ0n) is 17.8. The maximum atomic E-state index is 14.7. The maximum absolute atomic E-state index is 14.7. The molecule has 2 N–H and O–H groups in total.